The Morgan fingerprint density at radius 3 is 1.70 bits per heavy atom. The Morgan fingerprint density at radius 1 is 0.650 bits per heavy atom. The molecule has 0 amide bonds. The van der Waals surface area contributed by atoms with Crippen LogP contribution in [-0.4, -0.2) is 24.0 Å². The molecule has 20 heavy (non-hydrogen) atoms. The quantitative estimate of drug-likeness (QED) is 0.683. The molecular formula is C19H37N. The molecule has 2 aliphatic carbocycles. The molecule has 0 aromatic heterocycles. The molecule has 7 unspecified atom stereocenters. The molecule has 0 radical (unpaired) electrons. The van der Waals surface area contributed by atoms with Gasteiger partial charge in [0.2, 0.25) is 0 Å². The Labute approximate surface area is 127 Å². The van der Waals surface area contributed by atoms with E-state index < -0.39 is 0 Å². The van der Waals surface area contributed by atoms with Crippen molar-refractivity contribution >= 4 is 0 Å². The van der Waals surface area contributed by atoms with Crippen LogP contribution in [0, 0.1) is 35.5 Å². The lowest BCUT2D eigenvalue weighted by Crippen LogP contribution is -2.54. The molecule has 0 spiro atoms. The van der Waals surface area contributed by atoms with E-state index in [0.29, 0.717) is 0 Å². The Kier molecular flexibility index (Phi) is 5.21. The number of nitrogens with zero attached hydrogens (tertiary/aromatic N) is 1. The first-order valence-electron chi connectivity index (χ1n) is 9.04. The van der Waals surface area contributed by atoms with E-state index in [1.165, 1.54) is 25.7 Å². The predicted octanol–water partition coefficient (Wildman–Crippen LogP) is 5.06. The summed E-state index contributed by atoms with van der Waals surface area (Å²) in [7, 11) is 2.43. The lowest BCUT2D eigenvalue weighted by molar-refractivity contribution is -0.0140. The molecule has 7 atom stereocenters. The predicted molar refractivity (Wildman–Crippen MR) is 88.8 cm³/mol. The summed E-state index contributed by atoms with van der Waals surface area (Å²) < 4.78 is 0. The third-order valence-electron chi connectivity index (χ3n) is 7.23. The van der Waals surface area contributed by atoms with Crippen molar-refractivity contribution < 1.29 is 0 Å². The van der Waals surface area contributed by atoms with E-state index in [1.54, 1.807) is 0 Å². The minimum Gasteiger partial charge on any atom is -0.300 e. The molecule has 1 heteroatoms. The van der Waals surface area contributed by atoms with Crippen molar-refractivity contribution in [3.05, 3.63) is 0 Å². The molecule has 2 saturated carbocycles. The summed E-state index contributed by atoms with van der Waals surface area (Å²) in [6.45, 7) is 14.9. The van der Waals surface area contributed by atoms with Gasteiger partial charge in [-0.1, -0.05) is 41.5 Å². The van der Waals surface area contributed by atoms with Crippen molar-refractivity contribution in [3.8, 4) is 0 Å². The van der Waals surface area contributed by atoms with Crippen LogP contribution in [0.25, 0.3) is 0 Å². The van der Waals surface area contributed by atoms with Crippen molar-refractivity contribution in [1.29, 1.82) is 0 Å². The van der Waals surface area contributed by atoms with Gasteiger partial charge in [0.05, 0.1) is 0 Å². The molecule has 0 N–H and O–H groups in total. The Balaban J connectivity index is 2.08. The maximum absolute atomic E-state index is 2.80. The summed E-state index contributed by atoms with van der Waals surface area (Å²) in [6, 6.07) is 1.62. The zero-order chi connectivity index (χ0) is 15.0. The maximum Gasteiger partial charge on any atom is 0.0151 e. The molecule has 0 aromatic carbocycles. The molecule has 0 saturated heterocycles. The Bertz CT molecular complexity index is 299. The molecule has 0 bridgehead atoms. The summed E-state index contributed by atoms with van der Waals surface area (Å²) in [6.07, 6.45) is 5.68. The molecule has 0 aliphatic heterocycles. The van der Waals surface area contributed by atoms with E-state index in [4.69, 9.17) is 0 Å². The fraction of sp³-hybridized carbons (Fsp3) is 1.00. The van der Waals surface area contributed by atoms with Gasteiger partial charge in [0.25, 0.3) is 0 Å². The van der Waals surface area contributed by atoms with Gasteiger partial charge in [0.1, 0.15) is 0 Å². The van der Waals surface area contributed by atoms with Gasteiger partial charge in [-0.15, -0.1) is 0 Å². The smallest absolute Gasteiger partial charge is 0.0151 e. The van der Waals surface area contributed by atoms with Gasteiger partial charge in [-0.25, -0.2) is 0 Å². The van der Waals surface area contributed by atoms with E-state index in [9.17, 15) is 0 Å². The van der Waals surface area contributed by atoms with Crippen LogP contribution in [0.2, 0.25) is 0 Å². The van der Waals surface area contributed by atoms with Crippen molar-refractivity contribution in [1.82, 2.24) is 4.90 Å². The van der Waals surface area contributed by atoms with Gasteiger partial charge in [-0.2, -0.15) is 0 Å². The zero-order valence-corrected chi connectivity index (χ0v) is 14.9. The average molecular weight is 280 g/mol. The van der Waals surface area contributed by atoms with Gasteiger partial charge >= 0.3 is 0 Å². The van der Waals surface area contributed by atoms with E-state index in [1.807, 2.05) is 0 Å². The Hall–Kier alpha value is -0.0400. The van der Waals surface area contributed by atoms with Crippen LogP contribution < -0.4 is 0 Å². The van der Waals surface area contributed by atoms with Crippen LogP contribution in [-0.2, 0) is 0 Å². The minimum atomic E-state index is 0.791. The molecule has 2 fully saturated rings. The zero-order valence-electron chi connectivity index (χ0n) is 14.9. The first-order valence-corrected chi connectivity index (χ1v) is 9.04. The second-order valence-corrected chi connectivity index (χ2v) is 8.49. The number of hydrogen-bond donors (Lipinski definition) is 0. The normalized spacial score (nSPS) is 50.4. The molecule has 0 heterocycles. The van der Waals surface area contributed by atoms with E-state index in [-0.39, 0.29) is 0 Å². The van der Waals surface area contributed by atoms with Gasteiger partial charge < -0.3 is 0 Å². The maximum atomic E-state index is 2.80. The van der Waals surface area contributed by atoms with Crippen molar-refractivity contribution in [2.75, 3.05) is 7.05 Å². The molecule has 1 nitrogen and oxygen atoms in total. The van der Waals surface area contributed by atoms with Gasteiger partial charge in [-0.3, -0.25) is 4.90 Å². The van der Waals surface area contributed by atoms with Crippen LogP contribution >= 0.6 is 0 Å². The fourth-order valence-corrected chi connectivity index (χ4v) is 5.04. The number of hydrogen-bond acceptors (Lipinski definition) is 1. The SMILES string of the molecule is CC1CCC(N(C)C2C(C)C(C)CC(C)C2C)CC1C. The summed E-state index contributed by atoms with van der Waals surface area (Å²) in [5, 5.41) is 0. The van der Waals surface area contributed by atoms with Crippen molar-refractivity contribution in [2.45, 2.75) is 79.3 Å². The van der Waals surface area contributed by atoms with Crippen molar-refractivity contribution in [2.24, 2.45) is 35.5 Å². The van der Waals surface area contributed by atoms with E-state index in [2.05, 4.69) is 53.5 Å². The summed E-state index contributed by atoms with van der Waals surface area (Å²) in [5.41, 5.74) is 0. The topological polar surface area (TPSA) is 3.24 Å². The second kappa shape index (κ2) is 6.38. The first-order chi connectivity index (χ1) is 9.32. The average Bonchev–Trinajstić information content (AvgIpc) is 2.40. The van der Waals surface area contributed by atoms with Gasteiger partial charge in [0.15, 0.2) is 0 Å². The highest BCUT2D eigenvalue weighted by Gasteiger charge is 2.41. The highest BCUT2D eigenvalue weighted by Crippen LogP contribution is 2.42. The third-order valence-corrected chi connectivity index (χ3v) is 7.23. The minimum absolute atomic E-state index is 0.791. The molecule has 118 valence electrons. The third kappa shape index (κ3) is 3.08. The van der Waals surface area contributed by atoms with Crippen molar-refractivity contribution in [3.63, 3.8) is 0 Å². The molecule has 2 rings (SSSR count). The van der Waals surface area contributed by atoms with Crippen LogP contribution in [0.3, 0.4) is 0 Å². The Morgan fingerprint density at radius 2 is 1.20 bits per heavy atom. The van der Waals surface area contributed by atoms with Crippen LogP contribution in [0.5, 0.6) is 0 Å². The summed E-state index contributed by atoms with van der Waals surface area (Å²) in [5.74, 6) is 5.29. The highest BCUT2D eigenvalue weighted by molar-refractivity contribution is 4.94. The lowest BCUT2D eigenvalue weighted by Gasteiger charge is -2.51. The second-order valence-electron chi connectivity index (χ2n) is 8.49. The van der Waals surface area contributed by atoms with E-state index >= 15 is 0 Å². The van der Waals surface area contributed by atoms with Gasteiger partial charge in [0, 0.05) is 12.1 Å². The van der Waals surface area contributed by atoms with Crippen LogP contribution in [0.15, 0.2) is 0 Å². The summed E-state index contributed by atoms with van der Waals surface area (Å²) in [4.78, 5) is 2.80. The van der Waals surface area contributed by atoms with Gasteiger partial charge in [-0.05, 0) is 68.2 Å². The summed E-state index contributed by atoms with van der Waals surface area (Å²) >= 11 is 0. The first kappa shape index (κ1) is 16.3. The van der Waals surface area contributed by atoms with Crippen LogP contribution in [0.1, 0.15) is 67.2 Å². The van der Waals surface area contributed by atoms with E-state index in [0.717, 1.165) is 47.6 Å². The standard InChI is InChI=1S/C19H37N/c1-12-8-9-18(11-13(12)2)20(7)19-16(5)14(3)10-15(4)17(19)6/h12-19H,8-11H2,1-7H3. The molecular weight excluding hydrogens is 242 g/mol. The molecule has 0 aromatic rings. The highest BCUT2D eigenvalue weighted by atomic mass is 15.2. The molecule has 2 aliphatic rings. The fourth-order valence-electron chi connectivity index (χ4n) is 5.04. The van der Waals surface area contributed by atoms with Crippen LogP contribution in [0.4, 0.5) is 0 Å². The largest absolute Gasteiger partial charge is 0.300 e. The lowest BCUT2D eigenvalue weighted by atomic mass is 9.66. The number of rotatable bonds is 2. The monoisotopic (exact) mass is 279 g/mol.